The van der Waals surface area contributed by atoms with Gasteiger partial charge in [0.05, 0.1) is 19.9 Å². The van der Waals surface area contributed by atoms with Gasteiger partial charge < -0.3 is 30.7 Å². The van der Waals surface area contributed by atoms with E-state index in [1.54, 1.807) is 27.7 Å². The predicted octanol–water partition coefficient (Wildman–Crippen LogP) is 0.226. The Kier molecular flexibility index (Phi) is 11.6. The normalized spacial score (nSPS) is 12.3. The molecular formula is C15H28N4O6. The summed E-state index contributed by atoms with van der Waals surface area (Å²) in [5.41, 5.74) is 0. The number of rotatable bonds is 10. The zero-order valence-electron chi connectivity index (χ0n) is 15.1. The van der Waals surface area contributed by atoms with Gasteiger partial charge in [-0.1, -0.05) is 13.8 Å². The molecule has 0 aromatic heterocycles. The first-order valence-electron chi connectivity index (χ1n) is 8.31. The molecule has 144 valence electrons. The van der Waals surface area contributed by atoms with Crippen LogP contribution in [0.25, 0.3) is 0 Å². The van der Waals surface area contributed by atoms with Crippen molar-refractivity contribution in [1.29, 1.82) is 0 Å². The number of carbonyl (C=O) groups is 4. The molecule has 10 heteroatoms. The number of amides is 4. The zero-order valence-corrected chi connectivity index (χ0v) is 15.1. The van der Waals surface area contributed by atoms with Gasteiger partial charge in [0.25, 0.3) is 0 Å². The van der Waals surface area contributed by atoms with Crippen molar-refractivity contribution < 1.29 is 28.7 Å². The van der Waals surface area contributed by atoms with Crippen LogP contribution in [0.2, 0.25) is 0 Å². The molecule has 0 aromatic rings. The van der Waals surface area contributed by atoms with Gasteiger partial charge in [0.2, 0.25) is 11.8 Å². The van der Waals surface area contributed by atoms with E-state index in [-0.39, 0.29) is 19.9 Å². The molecule has 0 aromatic carbocycles. The van der Waals surface area contributed by atoms with Crippen LogP contribution in [0.1, 0.15) is 40.5 Å². The lowest BCUT2D eigenvalue weighted by atomic mass is 10.2. The summed E-state index contributed by atoms with van der Waals surface area (Å²) in [5.74, 6) is -0.912. The Morgan fingerprint density at radius 1 is 0.720 bits per heavy atom. The average molecular weight is 360 g/mol. The second-order valence-electron chi connectivity index (χ2n) is 4.91. The van der Waals surface area contributed by atoms with Gasteiger partial charge in [-0.2, -0.15) is 0 Å². The first-order valence-corrected chi connectivity index (χ1v) is 8.31. The smallest absolute Gasteiger partial charge is 0.407 e. The van der Waals surface area contributed by atoms with Gasteiger partial charge in [-0.05, 0) is 26.7 Å². The molecule has 2 unspecified atom stereocenters. The lowest BCUT2D eigenvalue weighted by molar-refractivity contribution is -0.125. The summed E-state index contributed by atoms with van der Waals surface area (Å²) in [7, 11) is 0. The maximum Gasteiger partial charge on any atom is 0.407 e. The largest absolute Gasteiger partial charge is 0.450 e. The van der Waals surface area contributed by atoms with Gasteiger partial charge in [0.1, 0.15) is 12.1 Å². The van der Waals surface area contributed by atoms with E-state index in [1.165, 1.54) is 0 Å². The van der Waals surface area contributed by atoms with Crippen molar-refractivity contribution in [3.63, 3.8) is 0 Å². The monoisotopic (exact) mass is 360 g/mol. The number of ether oxygens (including phenoxy) is 2. The number of alkyl carbamates (subject to hydrolysis) is 2. The highest BCUT2D eigenvalue weighted by Crippen LogP contribution is 1.94. The molecule has 0 saturated carbocycles. The standard InChI is InChI=1S/C15H28N4O6/c1-5-10(18-14(22)24-7-3)12(20)16-9-17-13(21)11(6-2)19-15(23)25-8-4/h10-11H,5-9H2,1-4H3,(H,16,20)(H,17,21)(H,18,22)(H,19,23). The molecule has 0 aliphatic rings. The minimum atomic E-state index is -0.768. The molecule has 4 amide bonds. The fourth-order valence-electron chi connectivity index (χ4n) is 1.80. The number of hydrogen-bond donors (Lipinski definition) is 4. The summed E-state index contributed by atoms with van der Waals surface area (Å²) in [6.45, 7) is 7.03. The van der Waals surface area contributed by atoms with E-state index in [2.05, 4.69) is 21.3 Å². The van der Waals surface area contributed by atoms with E-state index in [0.29, 0.717) is 12.8 Å². The molecule has 0 spiro atoms. The van der Waals surface area contributed by atoms with Crippen molar-refractivity contribution in [2.75, 3.05) is 19.9 Å². The summed E-state index contributed by atoms with van der Waals surface area (Å²) < 4.78 is 9.44. The van der Waals surface area contributed by atoms with Crippen molar-refractivity contribution >= 4 is 24.0 Å². The van der Waals surface area contributed by atoms with E-state index in [4.69, 9.17) is 9.47 Å². The first kappa shape index (κ1) is 22.5. The van der Waals surface area contributed by atoms with E-state index in [0.717, 1.165) is 0 Å². The summed E-state index contributed by atoms with van der Waals surface area (Å²) in [6.07, 6.45) is -0.641. The third-order valence-corrected chi connectivity index (χ3v) is 3.11. The third-order valence-electron chi connectivity index (χ3n) is 3.11. The van der Waals surface area contributed by atoms with Crippen LogP contribution >= 0.6 is 0 Å². The number of hydrogen-bond acceptors (Lipinski definition) is 6. The molecule has 0 saturated heterocycles. The molecule has 0 aliphatic heterocycles. The van der Waals surface area contributed by atoms with Gasteiger partial charge in [-0.25, -0.2) is 9.59 Å². The van der Waals surface area contributed by atoms with Crippen LogP contribution in [-0.2, 0) is 19.1 Å². The van der Waals surface area contributed by atoms with Gasteiger partial charge >= 0.3 is 12.2 Å². The van der Waals surface area contributed by atoms with E-state index in [9.17, 15) is 19.2 Å². The lowest BCUT2D eigenvalue weighted by Gasteiger charge is -2.19. The molecule has 25 heavy (non-hydrogen) atoms. The number of nitrogens with one attached hydrogen (secondary N) is 4. The summed E-state index contributed by atoms with van der Waals surface area (Å²) in [6, 6.07) is -1.54. The maximum atomic E-state index is 12.0. The van der Waals surface area contributed by atoms with E-state index < -0.39 is 36.1 Å². The van der Waals surface area contributed by atoms with Gasteiger partial charge in [0.15, 0.2) is 0 Å². The zero-order chi connectivity index (χ0) is 19.2. The van der Waals surface area contributed by atoms with Gasteiger partial charge in [-0.15, -0.1) is 0 Å². The van der Waals surface area contributed by atoms with Gasteiger partial charge in [-0.3, -0.25) is 9.59 Å². The molecule has 0 heterocycles. The van der Waals surface area contributed by atoms with Crippen molar-refractivity contribution in [2.24, 2.45) is 0 Å². The highest BCUT2D eigenvalue weighted by atomic mass is 16.6. The van der Waals surface area contributed by atoms with Gasteiger partial charge in [0, 0.05) is 0 Å². The topological polar surface area (TPSA) is 135 Å². The molecule has 10 nitrogen and oxygen atoms in total. The Morgan fingerprint density at radius 3 is 1.36 bits per heavy atom. The van der Waals surface area contributed by atoms with Crippen molar-refractivity contribution in [1.82, 2.24) is 21.3 Å². The van der Waals surface area contributed by atoms with Crippen LogP contribution in [0.4, 0.5) is 9.59 Å². The summed E-state index contributed by atoms with van der Waals surface area (Å²) in [5, 5.41) is 9.81. The minimum Gasteiger partial charge on any atom is -0.450 e. The van der Waals surface area contributed by atoms with Crippen LogP contribution in [0, 0.1) is 0 Å². The molecule has 0 bridgehead atoms. The SMILES string of the molecule is CCOC(=O)NC(CC)C(=O)NCNC(=O)C(CC)NC(=O)OCC. The van der Waals surface area contributed by atoms with Crippen LogP contribution in [0.15, 0.2) is 0 Å². The highest BCUT2D eigenvalue weighted by molar-refractivity contribution is 5.87. The fourth-order valence-corrected chi connectivity index (χ4v) is 1.80. The summed E-state index contributed by atoms with van der Waals surface area (Å²) in [4.78, 5) is 46.6. The Labute approximate surface area is 147 Å². The molecule has 2 atom stereocenters. The Balaban J connectivity index is 4.32. The lowest BCUT2D eigenvalue weighted by Crippen LogP contribution is -2.52. The molecule has 0 radical (unpaired) electrons. The quantitative estimate of drug-likeness (QED) is 0.412. The second kappa shape index (κ2) is 12.8. The predicted molar refractivity (Wildman–Crippen MR) is 89.6 cm³/mol. The van der Waals surface area contributed by atoms with Crippen LogP contribution in [0.5, 0.6) is 0 Å². The number of carbonyl (C=O) groups excluding carboxylic acids is 4. The Hall–Kier alpha value is -2.52. The van der Waals surface area contributed by atoms with E-state index >= 15 is 0 Å². The Morgan fingerprint density at radius 2 is 1.08 bits per heavy atom. The average Bonchev–Trinajstić information content (AvgIpc) is 2.57. The minimum absolute atomic E-state index is 0.139. The Bertz CT molecular complexity index is 417. The summed E-state index contributed by atoms with van der Waals surface area (Å²) >= 11 is 0. The third kappa shape index (κ3) is 9.38. The van der Waals surface area contributed by atoms with Crippen molar-refractivity contribution in [3.8, 4) is 0 Å². The van der Waals surface area contributed by atoms with Crippen molar-refractivity contribution in [3.05, 3.63) is 0 Å². The highest BCUT2D eigenvalue weighted by Gasteiger charge is 2.21. The van der Waals surface area contributed by atoms with Crippen LogP contribution in [-0.4, -0.2) is 56.0 Å². The molecular weight excluding hydrogens is 332 g/mol. The molecule has 4 N–H and O–H groups in total. The molecule has 0 aliphatic carbocycles. The maximum absolute atomic E-state index is 12.0. The molecule has 0 rings (SSSR count). The van der Waals surface area contributed by atoms with Crippen molar-refractivity contribution in [2.45, 2.75) is 52.6 Å². The molecule has 0 fully saturated rings. The second-order valence-corrected chi connectivity index (χ2v) is 4.91. The van der Waals surface area contributed by atoms with Crippen LogP contribution in [0.3, 0.4) is 0 Å². The van der Waals surface area contributed by atoms with E-state index in [1.807, 2.05) is 0 Å². The first-order chi connectivity index (χ1) is 11.9. The fraction of sp³-hybridized carbons (Fsp3) is 0.733. The van der Waals surface area contributed by atoms with Crippen LogP contribution < -0.4 is 21.3 Å².